The molecule has 3 heterocycles. The molecular weight excluding hydrogens is 508 g/mol. The lowest BCUT2D eigenvalue weighted by Crippen LogP contribution is -2.41. The molecule has 2 aliphatic heterocycles. The van der Waals surface area contributed by atoms with Crippen LogP contribution in [0.4, 0.5) is 5.69 Å². The second kappa shape index (κ2) is 12.5. The van der Waals surface area contributed by atoms with Crippen LogP contribution < -0.4 is 9.64 Å². The van der Waals surface area contributed by atoms with E-state index < -0.39 is 0 Å². The van der Waals surface area contributed by atoms with Crippen LogP contribution in [0.1, 0.15) is 39.6 Å². The van der Waals surface area contributed by atoms with Gasteiger partial charge in [0, 0.05) is 62.9 Å². The zero-order chi connectivity index (χ0) is 28.1. The molecule has 2 amide bonds. The normalized spacial score (nSPS) is 16.8. The molecule has 0 aliphatic carbocycles. The Morgan fingerprint density at radius 3 is 2.58 bits per heavy atom. The van der Waals surface area contributed by atoms with Gasteiger partial charge < -0.3 is 24.2 Å². The van der Waals surface area contributed by atoms with E-state index in [-0.39, 0.29) is 11.8 Å². The summed E-state index contributed by atoms with van der Waals surface area (Å²) in [4.78, 5) is 36.7. The molecule has 2 aliphatic rings. The van der Waals surface area contributed by atoms with Gasteiger partial charge in [-0.15, -0.1) is 0 Å². The third-order valence-electron chi connectivity index (χ3n) is 7.51. The molecule has 10 heteroatoms. The van der Waals surface area contributed by atoms with Gasteiger partial charge >= 0.3 is 0 Å². The van der Waals surface area contributed by atoms with Gasteiger partial charge in [-0.25, -0.2) is 9.67 Å². The van der Waals surface area contributed by atoms with Crippen molar-refractivity contribution in [3.05, 3.63) is 70.8 Å². The van der Waals surface area contributed by atoms with Crippen molar-refractivity contribution in [2.75, 3.05) is 64.5 Å². The van der Waals surface area contributed by atoms with Crippen LogP contribution in [0.25, 0.3) is 0 Å². The first-order valence-corrected chi connectivity index (χ1v) is 14.0. The topological polar surface area (TPSA) is 93.0 Å². The molecule has 212 valence electrons. The van der Waals surface area contributed by atoms with E-state index in [1.54, 1.807) is 21.5 Å². The number of likely N-dealkylation sites (N-methyl/N-ethyl adjacent to an activating group) is 1. The predicted molar refractivity (Wildman–Crippen MR) is 152 cm³/mol. The molecule has 2 bridgehead atoms. The van der Waals surface area contributed by atoms with E-state index in [2.05, 4.69) is 27.1 Å². The molecule has 1 saturated heterocycles. The number of hydrogen-bond donors (Lipinski definition) is 0. The van der Waals surface area contributed by atoms with E-state index in [0.29, 0.717) is 70.2 Å². The molecule has 0 saturated carbocycles. The highest BCUT2D eigenvalue weighted by Crippen LogP contribution is 2.28. The van der Waals surface area contributed by atoms with Crippen LogP contribution >= 0.6 is 0 Å². The molecule has 0 radical (unpaired) electrons. The fraction of sp³-hybridized carbons (Fsp3) is 0.467. The average Bonchev–Trinajstić information content (AvgIpc) is 3.30. The van der Waals surface area contributed by atoms with Gasteiger partial charge in [-0.05, 0) is 49.7 Å². The highest BCUT2D eigenvalue weighted by atomic mass is 16.5. The molecule has 2 aromatic carbocycles. The number of carbonyl (C=O) groups excluding carboxylic acids is 2. The van der Waals surface area contributed by atoms with Crippen LogP contribution in [0.2, 0.25) is 0 Å². The summed E-state index contributed by atoms with van der Waals surface area (Å²) in [5.74, 6) is 2.21. The molecule has 1 fully saturated rings. The Balaban J connectivity index is 1.38. The summed E-state index contributed by atoms with van der Waals surface area (Å²) in [6, 6.07) is 14.1. The summed E-state index contributed by atoms with van der Waals surface area (Å²) in [6.45, 7) is 8.93. The summed E-state index contributed by atoms with van der Waals surface area (Å²) in [5.41, 5.74) is 3.87. The van der Waals surface area contributed by atoms with Crippen molar-refractivity contribution in [2.45, 2.75) is 33.2 Å². The fourth-order valence-electron chi connectivity index (χ4n) is 5.25. The van der Waals surface area contributed by atoms with Crippen LogP contribution in [0, 0.1) is 13.8 Å². The van der Waals surface area contributed by atoms with Crippen molar-refractivity contribution in [3.8, 4) is 5.75 Å². The van der Waals surface area contributed by atoms with Crippen LogP contribution in [0.5, 0.6) is 5.75 Å². The van der Waals surface area contributed by atoms with Crippen LogP contribution in [-0.2, 0) is 22.5 Å². The smallest absolute Gasteiger partial charge is 0.253 e. The monoisotopic (exact) mass is 546 g/mol. The molecule has 0 N–H and O–H groups in total. The van der Waals surface area contributed by atoms with E-state index in [0.717, 1.165) is 41.5 Å². The number of nitrogens with zero attached hydrogens (tertiary/aromatic N) is 6. The van der Waals surface area contributed by atoms with Gasteiger partial charge in [-0.1, -0.05) is 12.1 Å². The Morgan fingerprint density at radius 1 is 0.975 bits per heavy atom. The maximum absolute atomic E-state index is 13.3. The Labute approximate surface area is 235 Å². The molecular formula is C30H38N6O4. The van der Waals surface area contributed by atoms with Crippen molar-refractivity contribution in [2.24, 2.45) is 0 Å². The van der Waals surface area contributed by atoms with Crippen LogP contribution in [-0.4, -0.2) is 96.0 Å². The second-order valence-corrected chi connectivity index (χ2v) is 10.4. The Hall–Kier alpha value is -3.92. The summed E-state index contributed by atoms with van der Waals surface area (Å²) in [7, 11) is 1.78. The number of rotatable bonds is 4. The fourth-order valence-corrected chi connectivity index (χ4v) is 5.25. The first-order valence-electron chi connectivity index (χ1n) is 14.0. The number of fused-ring (bicyclic) bond motifs is 3. The molecule has 5 rings (SSSR count). The van der Waals surface area contributed by atoms with E-state index in [1.165, 1.54) is 0 Å². The minimum atomic E-state index is -0.0569. The summed E-state index contributed by atoms with van der Waals surface area (Å²) >= 11 is 0. The number of morpholine rings is 1. The van der Waals surface area contributed by atoms with E-state index in [1.807, 2.05) is 44.2 Å². The minimum Gasteiger partial charge on any atom is -0.491 e. The number of aryl methyl sites for hydroxylation is 3. The van der Waals surface area contributed by atoms with Crippen molar-refractivity contribution < 1.29 is 19.1 Å². The Kier molecular flexibility index (Phi) is 8.64. The first-order chi connectivity index (χ1) is 19.4. The maximum Gasteiger partial charge on any atom is 0.253 e. The zero-order valence-corrected chi connectivity index (χ0v) is 23.6. The first kappa shape index (κ1) is 27.6. The van der Waals surface area contributed by atoms with Gasteiger partial charge in [0.2, 0.25) is 5.91 Å². The van der Waals surface area contributed by atoms with Crippen molar-refractivity contribution >= 4 is 17.5 Å². The van der Waals surface area contributed by atoms with Gasteiger partial charge in [0.1, 0.15) is 24.0 Å². The molecule has 3 aromatic rings. The predicted octanol–water partition coefficient (Wildman–Crippen LogP) is 2.71. The standard InChI is InChI=1S/C30H38N6O4/c1-22-31-23(2)36(32-22)10-9-29(37)35-12-11-33(3)30(38)25-6-4-5-24(19-25)20-26-21-27(34-13-16-39-17-14-34)7-8-28(26)40-18-15-35/h4-8,19,21H,9-18,20H2,1-3H3. The lowest BCUT2D eigenvalue weighted by Gasteiger charge is -2.30. The van der Waals surface area contributed by atoms with E-state index >= 15 is 0 Å². The number of anilines is 1. The number of ether oxygens (including phenoxy) is 2. The van der Waals surface area contributed by atoms with Crippen LogP contribution in [0.15, 0.2) is 42.5 Å². The van der Waals surface area contributed by atoms with Crippen molar-refractivity contribution in [1.82, 2.24) is 24.6 Å². The SMILES string of the molecule is Cc1nc(C)n(CCC(=O)N2CCOc3ccc(N4CCOCC4)cc3Cc3cccc(c3)C(=O)N(C)CC2)n1. The lowest BCUT2D eigenvalue weighted by molar-refractivity contribution is -0.132. The van der Waals surface area contributed by atoms with Crippen molar-refractivity contribution in [3.63, 3.8) is 0 Å². The number of benzene rings is 2. The number of hydrogen-bond acceptors (Lipinski definition) is 7. The lowest BCUT2D eigenvalue weighted by atomic mass is 10.0. The van der Waals surface area contributed by atoms with E-state index in [9.17, 15) is 9.59 Å². The van der Waals surface area contributed by atoms with Gasteiger partial charge in [-0.3, -0.25) is 9.59 Å². The van der Waals surface area contributed by atoms with Gasteiger partial charge in [-0.2, -0.15) is 5.10 Å². The van der Waals surface area contributed by atoms with Gasteiger partial charge in [0.05, 0.1) is 26.3 Å². The Bertz CT molecular complexity index is 1350. The molecule has 0 atom stereocenters. The van der Waals surface area contributed by atoms with Crippen molar-refractivity contribution in [1.29, 1.82) is 0 Å². The third-order valence-corrected chi connectivity index (χ3v) is 7.51. The zero-order valence-electron chi connectivity index (χ0n) is 23.6. The number of carbonyl (C=O) groups is 2. The van der Waals surface area contributed by atoms with Gasteiger partial charge in [0.25, 0.3) is 5.91 Å². The molecule has 10 nitrogen and oxygen atoms in total. The largest absolute Gasteiger partial charge is 0.491 e. The quantitative estimate of drug-likeness (QED) is 0.497. The highest BCUT2D eigenvalue weighted by Gasteiger charge is 2.20. The average molecular weight is 547 g/mol. The summed E-state index contributed by atoms with van der Waals surface area (Å²) in [6.07, 6.45) is 0.931. The van der Waals surface area contributed by atoms with Gasteiger partial charge in [0.15, 0.2) is 0 Å². The summed E-state index contributed by atoms with van der Waals surface area (Å²) < 4.78 is 13.6. The molecule has 0 unspecified atom stereocenters. The summed E-state index contributed by atoms with van der Waals surface area (Å²) in [5, 5.41) is 4.38. The van der Waals surface area contributed by atoms with Crippen LogP contribution in [0.3, 0.4) is 0 Å². The molecule has 0 spiro atoms. The minimum absolute atomic E-state index is 0.00557. The van der Waals surface area contributed by atoms with E-state index in [4.69, 9.17) is 9.47 Å². The number of amides is 2. The molecule has 1 aromatic heterocycles. The number of aromatic nitrogens is 3. The maximum atomic E-state index is 13.3. The second-order valence-electron chi connectivity index (χ2n) is 10.4. The Morgan fingerprint density at radius 2 is 1.80 bits per heavy atom. The molecule has 40 heavy (non-hydrogen) atoms. The highest BCUT2D eigenvalue weighted by molar-refractivity contribution is 5.94. The third kappa shape index (κ3) is 6.62.